The van der Waals surface area contributed by atoms with Gasteiger partial charge in [-0.05, 0) is 6.07 Å². The van der Waals surface area contributed by atoms with Crippen LogP contribution in [0.5, 0.6) is 0 Å². The lowest BCUT2D eigenvalue weighted by molar-refractivity contribution is -0.384. The zero-order chi connectivity index (χ0) is 15.6. The number of benzene rings is 1. The standard InChI is InChI=1S/C12H10N4O5/c1-15-6-7(5-13-15)11(17)14-10-4-8(16(20)21)2-3-9(10)12(18)19/h2-6H,1H3,(H,14,17)(H,18,19). The Bertz CT molecular complexity index is 737. The maximum absolute atomic E-state index is 12.0. The Hall–Kier alpha value is -3.23. The highest BCUT2D eigenvalue weighted by atomic mass is 16.6. The van der Waals surface area contributed by atoms with Crippen LogP contribution in [0.25, 0.3) is 0 Å². The van der Waals surface area contributed by atoms with E-state index >= 15 is 0 Å². The smallest absolute Gasteiger partial charge is 0.337 e. The van der Waals surface area contributed by atoms with Crippen LogP contribution in [0, 0.1) is 10.1 Å². The molecule has 0 bridgehead atoms. The molecule has 2 rings (SSSR count). The van der Waals surface area contributed by atoms with Crippen LogP contribution >= 0.6 is 0 Å². The third kappa shape index (κ3) is 3.03. The van der Waals surface area contributed by atoms with Gasteiger partial charge >= 0.3 is 5.97 Å². The molecule has 1 aromatic heterocycles. The van der Waals surface area contributed by atoms with Crippen LogP contribution < -0.4 is 5.32 Å². The number of aromatic nitrogens is 2. The van der Waals surface area contributed by atoms with E-state index in [0.717, 1.165) is 18.2 Å². The van der Waals surface area contributed by atoms with Crippen molar-refractivity contribution >= 4 is 23.3 Å². The lowest BCUT2D eigenvalue weighted by atomic mass is 10.1. The highest BCUT2D eigenvalue weighted by molar-refractivity contribution is 6.07. The number of anilines is 1. The summed E-state index contributed by atoms with van der Waals surface area (Å²) >= 11 is 0. The van der Waals surface area contributed by atoms with E-state index in [1.807, 2.05) is 0 Å². The van der Waals surface area contributed by atoms with Crippen LogP contribution in [0.15, 0.2) is 30.6 Å². The van der Waals surface area contributed by atoms with Gasteiger partial charge in [0.05, 0.1) is 27.9 Å². The molecule has 1 amide bonds. The molecule has 2 N–H and O–H groups in total. The number of nitro groups is 1. The summed E-state index contributed by atoms with van der Waals surface area (Å²) in [5.74, 6) is -1.91. The van der Waals surface area contributed by atoms with Crippen LogP contribution in [0.3, 0.4) is 0 Å². The number of aromatic carboxylic acids is 1. The van der Waals surface area contributed by atoms with Crippen LogP contribution in [0.4, 0.5) is 11.4 Å². The number of carbonyl (C=O) groups is 2. The average molecular weight is 290 g/mol. The summed E-state index contributed by atoms with van der Waals surface area (Å²) in [6, 6.07) is 3.13. The first kappa shape index (κ1) is 14.2. The number of carboxylic acid groups (broad SMARTS) is 1. The number of nitrogens with one attached hydrogen (secondary N) is 1. The van der Waals surface area contributed by atoms with E-state index in [4.69, 9.17) is 5.11 Å². The van der Waals surface area contributed by atoms with Gasteiger partial charge in [0.1, 0.15) is 0 Å². The molecule has 0 aliphatic heterocycles. The molecular formula is C12H10N4O5. The maximum atomic E-state index is 12.0. The van der Waals surface area contributed by atoms with Crippen molar-refractivity contribution in [1.82, 2.24) is 9.78 Å². The van der Waals surface area contributed by atoms with E-state index in [0.29, 0.717) is 0 Å². The van der Waals surface area contributed by atoms with Gasteiger partial charge in [0.2, 0.25) is 0 Å². The van der Waals surface area contributed by atoms with E-state index in [2.05, 4.69) is 10.4 Å². The molecule has 0 saturated heterocycles. The van der Waals surface area contributed by atoms with Gasteiger partial charge in [-0.3, -0.25) is 19.6 Å². The second kappa shape index (κ2) is 5.41. The number of carboxylic acids is 1. The second-order valence-corrected chi connectivity index (χ2v) is 4.15. The largest absolute Gasteiger partial charge is 0.478 e. The molecule has 0 atom stereocenters. The summed E-state index contributed by atoms with van der Waals surface area (Å²) in [5.41, 5.74) is -0.495. The minimum absolute atomic E-state index is 0.148. The third-order valence-corrected chi connectivity index (χ3v) is 2.66. The van der Waals surface area contributed by atoms with Gasteiger partial charge in [-0.1, -0.05) is 0 Å². The van der Waals surface area contributed by atoms with E-state index in [1.165, 1.54) is 17.1 Å². The SMILES string of the molecule is Cn1cc(C(=O)Nc2cc([N+](=O)[O-])ccc2C(=O)O)cn1. The summed E-state index contributed by atoms with van der Waals surface area (Å²) in [6.07, 6.45) is 2.74. The first-order valence-electron chi connectivity index (χ1n) is 5.70. The topological polar surface area (TPSA) is 127 Å². The Morgan fingerprint density at radius 2 is 2.14 bits per heavy atom. The fourth-order valence-electron chi connectivity index (χ4n) is 1.67. The zero-order valence-corrected chi connectivity index (χ0v) is 10.8. The van der Waals surface area contributed by atoms with Crippen molar-refractivity contribution in [2.45, 2.75) is 0 Å². The van der Waals surface area contributed by atoms with E-state index in [-0.39, 0.29) is 22.5 Å². The molecule has 0 spiro atoms. The molecule has 2 aromatic rings. The summed E-state index contributed by atoms with van der Waals surface area (Å²) in [5, 5.41) is 25.9. The predicted octanol–water partition coefficient (Wildman–Crippen LogP) is 1.28. The monoisotopic (exact) mass is 290 g/mol. The van der Waals surface area contributed by atoms with Crippen molar-refractivity contribution < 1.29 is 19.6 Å². The van der Waals surface area contributed by atoms with Gasteiger partial charge in [-0.2, -0.15) is 5.10 Å². The third-order valence-electron chi connectivity index (χ3n) is 2.66. The van der Waals surface area contributed by atoms with Gasteiger partial charge in [0, 0.05) is 25.4 Å². The molecule has 1 heterocycles. The number of rotatable bonds is 4. The van der Waals surface area contributed by atoms with Gasteiger partial charge in [0.15, 0.2) is 0 Å². The molecule has 0 unspecified atom stereocenters. The summed E-state index contributed by atoms with van der Waals surface area (Å²) in [7, 11) is 1.62. The second-order valence-electron chi connectivity index (χ2n) is 4.15. The normalized spacial score (nSPS) is 10.1. The number of nitrogens with zero attached hydrogens (tertiary/aromatic N) is 3. The Labute approximate surface area is 118 Å². The van der Waals surface area contributed by atoms with Gasteiger partial charge in [0.25, 0.3) is 11.6 Å². The molecule has 108 valence electrons. The number of carbonyl (C=O) groups excluding carboxylic acids is 1. The highest BCUT2D eigenvalue weighted by Crippen LogP contribution is 2.23. The lowest BCUT2D eigenvalue weighted by Crippen LogP contribution is -2.14. The molecule has 9 heteroatoms. The molecule has 9 nitrogen and oxygen atoms in total. The molecule has 0 radical (unpaired) electrons. The Morgan fingerprint density at radius 3 is 2.67 bits per heavy atom. The highest BCUT2D eigenvalue weighted by Gasteiger charge is 2.18. The fraction of sp³-hybridized carbons (Fsp3) is 0.0833. The Kier molecular flexibility index (Phi) is 3.65. The predicted molar refractivity (Wildman–Crippen MR) is 71.2 cm³/mol. The van der Waals surface area contributed by atoms with Crippen molar-refractivity contribution in [1.29, 1.82) is 0 Å². The Balaban J connectivity index is 2.37. The molecule has 1 aromatic carbocycles. The van der Waals surface area contributed by atoms with Crippen molar-refractivity contribution in [2.24, 2.45) is 7.05 Å². The van der Waals surface area contributed by atoms with Crippen LogP contribution in [0.2, 0.25) is 0 Å². The molecular weight excluding hydrogens is 280 g/mol. The van der Waals surface area contributed by atoms with Gasteiger partial charge < -0.3 is 10.4 Å². The minimum atomic E-state index is -1.30. The van der Waals surface area contributed by atoms with E-state index < -0.39 is 16.8 Å². The van der Waals surface area contributed by atoms with Crippen molar-refractivity contribution in [2.75, 3.05) is 5.32 Å². The van der Waals surface area contributed by atoms with Crippen LogP contribution in [0.1, 0.15) is 20.7 Å². The first-order valence-corrected chi connectivity index (χ1v) is 5.70. The zero-order valence-electron chi connectivity index (χ0n) is 10.8. The molecule has 0 aliphatic rings. The number of aryl methyl sites for hydroxylation is 1. The number of non-ortho nitro benzene ring substituents is 1. The van der Waals surface area contributed by atoms with Crippen LogP contribution in [-0.4, -0.2) is 31.7 Å². The number of amides is 1. The van der Waals surface area contributed by atoms with E-state index in [9.17, 15) is 19.7 Å². The molecule has 0 fully saturated rings. The first-order chi connectivity index (χ1) is 9.88. The molecule has 21 heavy (non-hydrogen) atoms. The quantitative estimate of drug-likeness (QED) is 0.644. The van der Waals surface area contributed by atoms with E-state index in [1.54, 1.807) is 7.05 Å². The number of hydrogen-bond acceptors (Lipinski definition) is 5. The summed E-state index contributed by atoms with van der Waals surface area (Å²) in [6.45, 7) is 0. The summed E-state index contributed by atoms with van der Waals surface area (Å²) < 4.78 is 1.40. The van der Waals surface area contributed by atoms with Gasteiger partial charge in [-0.15, -0.1) is 0 Å². The Morgan fingerprint density at radius 1 is 1.43 bits per heavy atom. The van der Waals surface area contributed by atoms with Crippen molar-refractivity contribution in [3.8, 4) is 0 Å². The van der Waals surface area contributed by atoms with Gasteiger partial charge in [-0.25, -0.2) is 4.79 Å². The average Bonchev–Trinajstić information content (AvgIpc) is 2.85. The van der Waals surface area contributed by atoms with Crippen molar-refractivity contribution in [3.63, 3.8) is 0 Å². The fourth-order valence-corrected chi connectivity index (χ4v) is 1.67. The number of hydrogen-bond donors (Lipinski definition) is 2. The van der Waals surface area contributed by atoms with Crippen molar-refractivity contribution in [3.05, 3.63) is 51.8 Å². The molecule has 0 saturated carbocycles. The minimum Gasteiger partial charge on any atom is -0.478 e. The summed E-state index contributed by atoms with van der Waals surface area (Å²) in [4.78, 5) is 33.1. The number of nitro benzene ring substituents is 1. The molecule has 0 aliphatic carbocycles. The van der Waals surface area contributed by atoms with Crippen LogP contribution in [-0.2, 0) is 7.05 Å². The lowest BCUT2D eigenvalue weighted by Gasteiger charge is -2.07. The maximum Gasteiger partial charge on any atom is 0.337 e.